The monoisotopic (exact) mass is 270 g/mol. The van der Waals surface area contributed by atoms with Crippen LogP contribution in [0.3, 0.4) is 0 Å². The van der Waals surface area contributed by atoms with Crippen LogP contribution >= 0.6 is 11.8 Å². The summed E-state index contributed by atoms with van der Waals surface area (Å²) in [6, 6.07) is 4.10. The number of aliphatic imine (C=N–C) groups is 1. The van der Waals surface area contributed by atoms with Crippen LogP contribution in [0.25, 0.3) is 0 Å². The predicted molar refractivity (Wildman–Crippen MR) is 73.2 cm³/mol. The molecule has 1 aromatic carbocycles. The molecule has 0 atom stereocenters. The summed E-state index contributed by atoms with van der Waals surface area (Å²) in [4.78, 5) is 4.60. The summed E-state index contributed by atoms with van der Waals surface area (Å²) in [6.07, 6.45) is 1.90. The molecule has 1 heterocycles. The molecule has 2 nitrogen and oxygen atoms in total. The minimum Gasteiger partial charge on any atom is -0.332 e. The summed E-state index contributed by atoms with van der Waals surface area (Å²) in [5.74, 6) is -0.814. The molecule has 5 heteroatoms. The van der Waals surface area contributed by atoms with E-state index in [9.17, 15) is 8.78 Å². The molecule has 2 rings (SSSR count). The molecule has 0 bridgehead atoms. The Morgan fingerprint density at radius 3 is 2.67 bits per heavy atom. The van der Waals surface area contributed by atoms with Gasteiger partial charge in [0.05, 0.1) is 11.2 Å². The first-order valence-electron chi connectivity index (χ1n) is 6.04. The van der Waals surface area contributed by atoms with Crippen molar-refractivity contribution in [2.45, 2.75) is 32.2 Å². The number of anilines is 1. The first-order chi connectivity index (χ1) is 8.60. The average Bonchev–Trinajstić information content (AvgIpc) is 2.79. The molecule has 1 N–H and O–H groups in total. The van der Waals surface area contributed by atoms with Crippen LogP contribution in [0.4, 0.5) is 14.5 Å². The van der Waals surface area contributed by atoms with Gasteiger partial charge < -0.3 is 5.32 Å². The Labute approximate surface area is 110 Å². The summed E-state index contributed by atoms with van der Waals surface area (Å²) in [5, 5.41) is 3.54. The maximum atomic E-state index is 13.5. The molecule has 1 aliphatic rings. The first kappa shape index (κ1) is 13.3. The van der Waals surface area contributed by atoms with Crippen LogP contribution in [0.5, 0.6) is 0 Å². The Morgan fingerprint density at radius 1 is 1.33 bits per heavy atom. The number of nitrogens with zero attached hydrogens (tertiary/aromatic N) is 1. The minimum absolute atomic E-state index is 0.0587. The number of amidine groups is 1. The molecule has 0 aliphatic carbocycles. The van der Waals surface area contributed by atoms with Gasteiger partial charge in [-0.15, -0.1) is 0 Å². The van der Waals surface area contributed by atoms with Crippen molar-refractivity contribution < 1.29 is 8.78 Å². The summed E-state index contributed by atoms with van der Waals surface area (Å²) >= 11 is 1.56. The van der Waals surface area contributed by atoms with Gasteiger partial charge in [-0.2, -0.15) is 0 Å². The molecular weight excluding hydrogens is 254 g/mol. The third kappa shape index (κ3) is 2.51. The van der Waals surface area contributed by atoms with Gasteiger partial charge in [-0.1, -0.05) is 31.7 Å². The highest BCUT2D eigenvalue weighted by atomic mass is 32.2. The Balaban J connectivity index is 2.18. The van der Waals surface area contributed by atoms with E-state index in [1.165, 1.54) is 12.1 Å². The standard InChI is InChI=1S/C13H16F2N2S/c1-3-13(4-2)8-18-12(17-13)16-10-7-5-6-9(14)11(10)15/h5-7H,3-4,8H2,1-2H3,(H,16,17). The predicted octanol–water partition coefficient (Wildman–Crippen LogP) is 4.04. The van der Waals surface area contributed by atoms with E-state index in [4.69, 9.17) is 0 Å². The molecule has 0 aromatic heterocycles. The smallest absolute Gasteiger partial charge is 0.182 e. The van der Waals surface area contributed by atoms with Crippen LogP contribution in [0, 0.1) is 11.6 Å². The van der Waals surface area contributed by atoms with Crippen molar-refractivity contribution in [2.24, 2.45) is 4.99 Å². The number of halogens is 2. The quantitative estimate of drug-likeness (QED) is 0.896. The van der Waals surface area contributed by atoms with Crippen molar-refractivity contribution in [1.82, 2.24) is 0 Å². The van der Waals surface area contributed by atoms with Gasteiger partial charge in [0.2, 0.25) is 0 Å². The molecule has 0 radical (unpaired) electrons. The van der Waals surface area contributed by atoms with E-state index in [0.29, 0.717) is 5.17 Å². The Kier molecular flexibility index (Phi) is 3.90. The molecule has 0 fully saturated rings. The van der Waals surface area contributed by atoms with Crippen LogP contribution in [0.2, 0.25) is 0 Å². The van der Waals surface area contributed by atoms with E-state index >= 15 is 0 Å². The zero-order chi connectivity index (χ0) is 13.2. The van der Waals surface area contributed by atoms with Crippen LogP contribution < -0.4 is 5.32 Å². The van der Waals surface area contributed by atoms with E-state index in [1.807, 2.05) is 0 Å². The molecule has 18 heavy (non-hydrogen) atoms. The number of thioether (sulfide) groups is 1. The second kappa shape index (κ2) is 5.26. The highest BCUT2D eigenvalue weighted by molar-refractivity contribution is 8.14. The van der Waals surface area contributed by atoms with Gasteiger partial charge in [0.15, 0.2) is 16.8 Å². The molecule has 0 saturated heterocycles. The molecule has 0 amide bonds. The third-order valence-corrected chi connectivity index (χ3v) is 4.47. The Bertz CT molecular complexity index is 470. The van der Waals surface area contributed by atoms with Gasteiger partial charge in [0.1, 0.15) is 0 Å². The van der Waals surface area contributed by atoms with Crippen molar-refractivity contribution in [3.63, 3.8) is 0 Å². The van der Waals surface area contributed by atoms with Crippen LogP contribution in [-0.2, 0) is 0 Å². The van der Waals surface area contributed by atoms with Crippen molar-refractivity contribution in [3.8, 4) is 0 Å². The maximum Gasteiger partial charge on any atom is 0.182 e. The zero-order valence-corrected chi connectivity index (χ0v) is 11.3. The topological polar surface area (TPSA) is 24.4 Å². The third-order valence-electron chi connectivity index (χ3n) is 3.33. The number of benzene rings is 1. The molecule has 1 aliphatic heterocycles. The lowest BCUT2D eigenvalue weighted by atomic mass is 9.97. The molecule has 0 unspecified atom stereocenters. The Hall–Kier alpha value is -1.10. The van der Waals surface area contributed by atoms with Crippen molar-refractivity contribution in [3.05, 3.63) is 29.8 Å². The van der Waals surface area contributed by atoms with E-state index in [0.717, 1.165) is 24.7 Å². The van der Waals surface area contributed by atoms with Crippen molar-refractivity contribution in [2.75, 3.05) is 11.1 Å². The molecule has 1 aromatic rings. The number of hydrogen-bond acceptors (Lipinski definition) is 3. The van der Waals surface area contributed by atoms with Crippen LogP contribution in [0.15, 0.2) is 23.2 Å². The molecule has 0 saturated carbocycles. The summed E-state index contributed by atoms with van der Waals surface area (Å²) in [7, 11) is 0. The first-order valence-corrected chi connectivity index (χ1v) is 7.02. The average molecular weight is 270 g/mol. The van der Waals surface area contributed by atoms with Gasteiger partial charge in [-0.3, -0.25) is 4.99 Å². The summed E-state index contributed by atoms with van der Waals surface area (Å²) in [5.41, 5.74) is 0.0841. The molecule has 98 valence electrons. The molecule has 0 spiro atoms. The highest BCUT2D eigenvalue weighted by Gasteiger charge is 2.32. The van der Waals surface area contributed by atoms with E-state index in [-0.39, 0.29) is 11.2 Å². The number of nitrogens with one attached hydrogen (secondary N) is 1. The van der Waals surface area contributed by atoms with Crippen LogP contribution in [-0.4, -0.2) is 16.5 Å². The van der Waals surface area contributed by atoms with E-state index in [1.54, 1.807) is 11.8 Å². The fourth-order valence-electron chi connectivity index (χ4n) is 1.87. The normalized spacial score (nSPS) is 17.7. The van der Waals surface area contributed by atoms with Gasteiger partial charge in [0, 0.05) is 5.75 Å². The lowest BCUT2D eigenvalue weighted by Gasteiger charge is -2.20. The fourth-order valence-corrected chi connectivity index (χ4v) is 3.19. The van der Waals surface area contributed by atoms with Crippen molar-refractivity contribution >= 4 is 22.6 Å². The van der Waals surface area contributed by atoms with Crippen molar-refractivity contribution in [1.29, 1.82) is 0 Å². The van der Waals surface area contributed by atoms with Gasteiger partial charge in [-0.05, 0) is 25.0 Å². The van der Waals surface area contributed by atoms with Crippen LogP contribution in [0.1, 0.15) is 26.7 Å². The lowest BCUT2D eigenvalue weighted by molar-refractivity contribution is 0.456. The van der Waals surface area contributed by atoms with Gasteiger partial charge >= 0.3 is 0 Å². The fraction of sp³-hybridized carbons (Fsp3) is 0.462. The lowest BCUT2D eigenvalue weighted by Crippen LogP contribution is -2.24. The zero-order valence-electron chi connectivity index (χ0n) is 10.5. The molecular formula is C13H16F2N2S. The number of hydrogen-bond donors (Lipinski definition) is 1. The maximum absolute atomic E-state index is 13.5. The Morgan fingerprint density at radius 2 is 2.06 bits per heavy atom. The summed E-state index contributed by atoms with van der Waals surface area (Å²) < 4.78 is 26.6. The number of rotatable bonds is 3. The highest BCUT2D eigenvalue weighted by Crippen LogP contribution is 2.34. The van der Waals surface area contributed by atoms with E-state index in [2.05, 4.69) is 24.2 Å². The summed E-state index contributed by atoms with van der Waals surface area (Å²) in [6.45, 7) is 4.19. The minimum atomic E-state index is -0.855. The second-order valence-electron chi connectivity index (χ2n) is 4.36. The second-order valence-corrected chi connectivity index (χ2v) is 5.33. The largest absolute Gasteiger partial charge is 0.332 e. The SMILES string of the molecule is CCC1(CC)CSC(Nc2cccc(F)c2F)=N1. The van der Waals surface area contributed by atoms with Gasteiger partial charge in [0.25, 0.3) is 0 Å². The van der Waals surface area contributed by atoms with Gasteiger partial charge in [-0.25, -0.2) is 8.78 Å². The van der Waals surface area contributed by atoms with E-state index < -0.39 is 11.6 Å².